The van der Waals surface area contributed by atoms with Gasteiger partial charge in [-0.15, -0.1) is 0 Å². The largest absolute Gasteiger partial charge is 0.392 e. The fourth-order valence-electron chi connectivity index (χ4n) is 6.44. The van der Waals surface area contributed by atoms with E-state index in [1.54, 1.807) is 12.1 Å². The zero-order chi connectivity index (χ0) is 31.3. The van der Waals surface area contributed by atoms with E-state index < -0.39 is 35.6 Å². The second-order valence-corrected chi connectivity index (χ2v) is 11.9. The van der Waals surface area contributed by atoms with Crippen molar-refractivity contribution in [2.75, 3.05) is 0 Å². The minimum atomic E-state index is -2.73. The minimum absolute atomic E-state index is 0.0915. The van der Waals surface area contributed by atoms with E-state index in [1.165, 1.54) is 22.9 Å². The molecule has 2 aromatic heterocycles. The Morgan fingerprint density at radius 3 is 2.39 bits per heavy atom. The third kappa shape index (κ3) is 5.58. The fraction of sp³-hybridized carbons (Fsp3) is 0.353. The molecule has 0 amide bonds. The number of alkyl halides is 2. The normalized spacial score (nSPS) is 17.0. The van der Waals surface area contributed by atoms with Crippen molar-refractivity contribution in [3.63, 3.8) is 0 Å². The Hall–Kier alpha value is -4.18. The lowest BCUT2D eigenvalue weighted by Crippen LogP contribution is -2.29. The molecular formula is C34H32F4N4O2. The molecule has 2 aliphatic rings. The molecule has 0 saturated heterocycles. The lowest BCUT2D eigenvalue weighted by Gasteiger charge is -2.28. The second kappa shape index (κ2) is 11.4. The number of hydrogen-bond acceptors (Lipinski definition) is 5. The summed E-state index contributed by atoms with van der Waals surface area (Å²) in [7, 11) is 0. The molecule has 0 bridgehead atoms. The Balaban J connectivity index is 1.61. The van der Waals surface area contributed by atoms with Crippen LogP contribution in [0.4, 0.5) is 17.6 Å². The van der Waals surface area contributed by atoms with Crippen LogP contribution in [0.3, 0.4) is 0 Å². The molecule has 2 aliphatic carbocycles. The van der Waals surface area contributed by atoms with Gasteiger partial charge in [0.1, 0.15) is 17.5 Å². The molecule has 4 aromatic rings. The van der Waals surface area contributed by atoms with Gasteiger partial charge in [-0.3, -0.25) is 9.36 Å². The van der Waals surface area contributed by atoms with Gasteiger partial charge in [0.25, 0.3) is 5.56 Å². The Kier molecular flexibility index (Phi) is 7.73. The van der Waals surface area contributed by atoms with Gasteiger partial charge >= 0.3 is 0 Å². The van der Waals surface area contributed by atoms with Crippen molar-refractivity contribution in [2.45, 2.75) is 76.7 Å². The van der Waals surface area contributed by atoms with Crippen molar-refractivity contribution in [3.05, 3.63) is 109 Å². The van der Waals surface area contributed by atoms with Crippen molar-refractivity contribution < 1.29 is 22.7 Å². The number of nitrogens with zero attached hydrogens (tertiary/aromatic N) is 3. The first kappa shape index (κ1) is 29.9. The van der Waals surface area contributed by atoms with E-state index in [1.807, 2.05) is 26.0 Å². The van der Waals surface area contributed by atoms with Gasteiger partial charge < -0.3 is 10.5 Å². The Morgan fingerprint density at radius 2 is 1.77 bits per heavy atom. The number of aromatic nitrogens is 3. The van der Waals surface area contributed by atoms with Crippen LogP contribution in [0, 0.1) is 30.9 Å². The number of aryl methyl sites for hydroxylation is 1. The Bertz CT molecular complexity index is 1870. The van der Waals surface area contributed by atoms with E-state index in [9.17, 15) is 27.5 Å². The highest BCUT2D eigenvalue weighted by molar-refractivity contribution is 5.84. The molecule has 2 heterocycles. The molecule has 228 valence electrons. The van der Waals surface area contributed by atoms with Gasteiger partial charge in [-0.25, -0.2) is 27.5 Å². The van der Waals surface area contributed by atoms with Gasteiger partial charge in [0.2, 0.25) is 5.92 Å². The molecule has 0 spiro atoms. The average molecular weight is 605 g/mol. The van der Waals surface area contributed by atoms with E-state index in [0.717, 1.165) is 17.2 Å². The molecule has 44 heavy (non-hydrogen) atoms. The number of nitrogens with one attached hydrogen (secondary N) is 1. The van der Waals surface area contributed by atoms with Gasteiger partial charge in [-0.05, 0) is 91.6 Å². The van der Waals surface area contributed by atoms with Crippen LogP contribution in [0.1, 0.15) is 83.3 Å². The monoisotopic (exact) mass is 604 g/mol. The van der Waals surface area contributed by atoms with Crippen LogP contribution in [-0.2, 0) is 13.0 Å². The van der Waals surface area contributed by atoms with Crippen LogP contribution >= 0.6 is 0 Å². The quantitative estimate of drug-likeness (QED) is 0.127. The summed E-state index contributed by atoms with van der Waals surface area (Å²) in [6.07, 6.45) is 3.89. The van der Waals surface area contributed by atoms with Crippen molar-refractivity contribution in [3.8, 4) is 5.69 Å². The molecule has 6 nitrogen and oxygen atoms in total. The second-order valence-electron chi connectivity index (χ2n) is 11.9. The zero-order valence-electron chi connectivity index (χ0n) is 24.4. The summed E-state index contributed by atoms with van der Waals surface area (Å²) in [6, 6.07) is 8.52. The summed E-state index contributed by atoms with van der Waals surface area (Å²) in [4.78, 5) is 24.2. The molecule has 1 atom stereocenters. The molecule has 10 heteroatoms. The summed E-state index contributed by atoms with van der Waals surface area (Å²) in [5.41, 5.74) is 4.39. The Morgan fingerprint density at radius 1 is 1.09 bits per heavy atom. The minimum Gasteiger partial charge on any atom is -0.392 e. The highest BCUT2D eigenvalue weighted by Crippen LogP contribution is 2.42. The average Bonchev–Trinajstić information content (AvgIpc) is 3.81. The summed E-state index contributed by atoms with van der Waals surface area (Å²) in [5, 5.41) is 18.5. The van der Waals surface area contributed by atoms with Crippen molar-refractivity contribution >= 4 is 17.2 Å². The number of allylic oxidation sites excluding steroid dienone is 2. The van der Waals surface area contributed by atoms with Crippen LogP contribution in [0.15, 0.2) is 52.8 Å². The van der Waals surface area contributed by atoms with E-state index in [-0.39, 0.29) is 49.1 Å². The number of hydrogen-bond donors (Lipinski definition) is 2. The van der Waals surface area contributed by atoms with Crippen LogP contribution in [0.25, 0.3) is 16.7 Å². The molecule has 0 radical (unpaired) electrons. The molecule has 1 fully saturated rings. The highest BCUT2D eigenvalue weighted by atomic mass is 19.3. The SMILES string of the molecule is Cc1ccc(-n2c(C(Cc3cc(F)cc(F)c3)C3=CC3)nc3nc(C4CCC(F)(F)CC4)cc(CO)c3c2=O)c(C)c1C=N. The number of rotatable bonds is 8. The number of fused-ring (bicyclic) bond motifs is 1. The van der Waals surface area contributed by atoms with Gasteiger partial charge in [0.05, 0.1) is 17.7 Å². The molecule has 1 unspecified atom stereocenters. The van der Waals surface area contributed by atoms with Crippen LogP contribution in [0.5, 0.6) is 0 Å². The molecule has 0 aliphatic heterocycles. The maximum atomic E-state index is 14.5. The number of aliphatic hydroxyl groups excluding tert-OH is 1. The maximum Gasteiger partial charge on any atom is 0.268 e. The zero-order valence-corrected chi connectivity index (χ0v) is 24.4. The third-order valence-electron chi connectivity index (χ3n) is 8.92. The summed E-state index contributed by atoms with van der Waals surface area (Å²) < 4.78 is 57.8. The fourth-order valence-corrected chi connectivity index (χ4v) is 6.44. The molecule has 1 saturated carbocycles. The molecule has 2 N–H and O–H groups in total. The third-order valence-corrected chi connectivity index (χ3v) is 8.92. The lowest BCUT2D eigenvalue weighted by molar-refractivity contribution is -0.0384. The molecule has 2 aromatic carbocycles. The van der Waals surface area contributed by atoms with Crippen LogP contribution in [-0.4, -0.2) is 31.8 Å². The number of pyridine rings is 1. The van der Waals surface area contributed by atoms with Crippen LogP contribution < -0.4 is 5.56 Å². The van der Waals surface area contributed by atoms with Gasteiger partial charge in [0.15, 0.2) is 5.65 Å². The molecular weight excluding hydrogens is 572 g/mol. The van der Waals surface area contributed by atoms with Gasteiger partial charge in [0, 0.05) is 42.7 Å². The predicted octanol–water partition coefficient (Wildman–Crippen LogP) is 7.12. The first-order valence-corrected chi connectivity index (χ1v) is 14.7. The van der Waals surface area contributed by atoms with Crippen molar-refractivity contribution in [1.82, 2.24) is 14.5 Å². The first-order chi connectivity index (χ1) is 21.0. The van der Waals surface area contributed by atoms with E-state index in [2.05, 4.69) is 0 Å². The van der Waals surface area contributed by atoms with Crippen LogP contribution in [0.2, 0.25) is 0 Å². The number of benzene rings is 2. The highest BCUT2D eigenvalue weighted by Gasteiger charge is 2.36. The molecule has 6 rings (SSSR count). The van der Waals surface area contributed by atoms with Crippen molar-refractivity contribution in [2.24, 2.45) is 0 Å². The topological polar surface area (TPSA) is 91.9 Å². The number of halogens is 4. The predicted molar refractivity (Wildman–Crippen MR) is 160 cm³/mol. The summed E-state index contributed by atoms with van der Waals surface area (Å²) in [5.74, 6) is -4.65. The van der Waals surface area contributed by atoms with E-state index in [0.29, 0.717) is 45.9 Å². The maximum absolute atomic E-state index is 14.5. The smallest absolute Gasteiger partial charge is 0.268 e. The standard InChI is InChI=1S/C34H32F4N4O2/c1-18-3-6-29(19(2)27(18)16-39)42-32(26(21-4-5-21)13-20-11-24(35)15-25(36)12-20)41-31-30(33(42)44)23(17-43)14-28(40-31)22-7-9-34(37,38)10-8-22/h3-4,6,11-12,14-16,22,26,39,43H,5,7-10,13,17H2,1-2H3. The summed E-state index contributed by atoms with van der Waals surface area (Å²) in [6.45, 7) is 3.19. The lowest BCUT2D eigenvalue weighted by atomic mass is 9.84. The van der Waals surface area contributed by atoms with Gasteiger partial charge in [-0.2, -0.15) is 0 Å². The van der Waals surface area contributed by atoms with Crippen molar-refractivity contribution in [1.29, 1.82) is 5.41 Å². The Labute approximate surface area is 251 Å². The van der Waals surface area contributed by atoms with E-state index >= 15 is 0 Å². The summed E-state index contributed by atoms with van der Waals surface area (Å²) >= 11 is 0. The number of aliphatic hydroxyl groups is 1. The van der Waals surface area contributed by atoms with Gasteiger partial charge in [-0.1, -0.05) is 17.7 Å². The van der Waals surface area contributed by atoms with E-state index in [4.69, 9.17) is 15.4 Å². The first-order valence-electron chi connectivity index (χ1n) is 14.7.